The third-order valence-corrected chi connectivity index (χ3v) is 3.09. The van der Waals surface area contributed by atoms with E-state index in [0.717, 1.165) is 12.1 Å². The maximum absolute atomic E-state index is 13.5. The normalized spacial score (nSPS) is 11.1. The zero-order valence-corrected chi connectivity index (χ0v) is 12.2. The van der Waals surface area contributed by atoms with Crippen molar-refractivity contribution in [1.82, 2.24) is 35.0 Å². The Hall–Kier alpha value is -2.75. The molecule has 0 amide bonds. The second-order valence-corrected chi connectivity index (χ2v) is 4.70. The summed E-state index contributed by atoms with van der Waals surface area (Å²) in [7, 11) is 1.58. The van der Waals surface area contributed by atoms with Gasteiger partial charge in [0.15, 0.2) is 23.3 Å². The van der Waals surface area contributed by atoms with E-state index in [0.29, 0.717) is 30.4 Å². The molecule has 3 rings (SSSR count). The van der Waals surface area contributed by atoms with E-state index in [2.05, 4.69) is 25.6 Å². The molecule has 0 saturated carbocycles. The standard InChI is InChI=1S/C13H13F2N7O/c1-23-5-4-12-17-13(7-21-8-16-19-20-21)22(18-12)9-2-3-10(14)11(15)6-9/h2-3,6,8H,4-5,7H2,1H3. The maximum atomic E-state index is 13.5. The Bertz CT molecular complexity index is 788. The monoisotopic (exact) mass is 321 g/mol. The molecule has 120 valence electrons. The van der Waals surface area contributed by atoms with Gasteiger partial charge in [0, 0.05) is 19.6 Å². The zero-order valence-electron chi connectivity index (χ0n) is 12.2. The van der Waals surface area contributed by atoms with E-state index in [-0.39, 0.29) is 6.54 Å². The Morgan fingerprint density at radius 1 is 1.22 bits per heavy atom. The van der Waals surface area contributed by atoms with Crippen molar-refractivity contribution in [3.05, 3.63) is 47.8 Å². The number of benzene rings is 1. The van der Waals surface area contributed by atoms with Crippen LogP contribution in [-0.2, 0) is 17.7 Å². The summed E-state index contributed by atoms with van der Waals surface area (Å²) in [5.41, 5.74) is 0.364. The molecule has 0 unspecified atom stereocenters. The van der Waals surface area contributed by atoms with Crippen LogP contribution >= 0.6 is 0 Å². The van der Waals surface area contributed by atoms with Gasteiger partial charge in [-0.25, -0.2) is 23.1 Å². The van der Waals surface area contributed by atoms with Crippen LogP contribution in [-0.4, -0.2) is 48.7 Å². The Labute approximate surface area is 129 Å². The minimum Gasteiger partial charge on any atom is -0.384 e. The lowest BCUT2D eigenvalue weighted by Gasteiger charge is -2.05. The van der Waals surface area contributed by atoms with Crippen LogP contribution in [0.25, 0.3) is 5.69 Å². The summed E-state index contributed by atoms with van der Waals surface area (Å²) in [5.74, 6) is -0.852. The number of rotatable bonds is 6. The van der Waals surface area contributed by atoms with Crippen LogP contribution in [0.3, 0.4) is 0 Å². The van der Waals surface area contributed by atoms with Crippen LogP contribution in [0.4, 0.5) is 8.78 Å². The molecule has 0 fully saturated rings. The van der Waals surface area contributed by atoms with E-state index in [1.165, 1.54) is 21.8 Å². The molecule has 10 heteroatoms. The summed E-state index contributed by atoms with van der Waals surface area (Å²) < 4.78 is 34.5. The quantitative estimate of drug-likeness (QED) is 0.667. The molecule has 23 heavy (non-hydrogen) atoms. The summed E-state index contributed by atoms with van der Waals surface area (Å²) in [6, 6.07) is 3.53. The van der Waals surface area contributed by atoms with Crippen molar-refractivity contribution in [2.45, 2.75) is 13.0 Å². The average molecular weight is 321 g/mol. The molecule has 0 aliphatic carbocycles. The molecule has 0 saturated heterocycles. The van der Waals surface area contributed by atoms with Gasteiger partial charge in [-0.15, -0.1) is 5.10 Å². The molecule has 0 bridgehead atoms. The van der Waals surface area contributed by atoms with Crippen molar-refractivity contribution >= 4 is 0 Å². The second-order valence-electron chi connectivity index (χ2n) is 4.70. The minimum atomic E-state index is -0.954. The van der Waals surface area contributed by atoms with Gasteiger partial charge in [-0.05, 0) is 22.6 Å². The van der Waals surface area contributed by atoms with E-state index < -0.39 is 11.6 Å². The van der Waals surface area contributed by atoms with E-state index in [9.17, 15) is 8.78 Å². The number of tetrazole rings is 1. The van der Waals surface area contributed by atoms with Gasteiger partial charge in [0.25, 0.3) is 0 Å². The highest BCUT2D eigenvalue weighted by Crippen LogP contribution is 2.15. The van der Waals surface area contributed by atoms with Crippen molar-refractivity contribution in [2.24, 2.45) is 0 Å². The lowest BCUT2D eigenvalue weighted by atomic mass is 10.3. The maximum Gasteiger partial charge on any atom is 0.160 e. The van der Waals surface area contributed by atoms with Crippen LogP contribution in [0.5, 0.6) is 0 Å². The van der Waals surface area contributed by atoms with E-state index in [1.54, 1.807) is 7.11 Å². The predicted octanol–water partition coefficient (Wildman–Crippen LogP) is 0.769. The summed E-state index contributed by atoms with van der Waals surface area (Å²) >= 11 is 0. The van der Waals surface area contributed by atoms with Crippen LogP contribution in [0.15, 0.2) is 24.5 Å². The van der Waals surface area contributed by atoms with Crippen molar-refractivity contribution in [2.75, 3.05) is 13.7 Å². The fourth-order valence-corrected chi connectivity index (χ4v) is 2.01. The Balaban J connectivity index is 1.98. The fourth-order valence-electron chi connectivity index (χ4n) is 2.01. The molecular formula is C13H13F2N7O. The number of ether oxygens (including phenoxy) is 1. The number of nitrogens with zero attached hydrogens (tertiary/aromatic N) is 7. The Kier molecular flexibility index (Phi) is 4.33. The first-order chi connectivity index (χ1) is 11.2. The second kappa shape index (κ2) is 6.57. The number of hydrogen-bond donors (Lipinski definition) is 0. The number of halogens is 2. The minimum absolute atomic E-state index is 0.242. The first-order valence-electron chi connectivity index (χ1n) is 6.77. The first-order valence-corrected chi connectivity index (χ1v) is 6.77. The summed E-state index contributed by atoms with van der Waals surface area (Å²) in [5, 5.41) is 15.2. The van der Waals surface area contributed by atoms with Gasteiger partial charge in [-0.1, -0.05) is 0 Å². The molecule has 0 spiro atoms. The SMILES string of the molecule is COCCc1nc(Cn2cnnn2)n(-c2ccc(F)c(F)c2)n1. The highest BCUT2D eigenvalue weighted by Gasteiger charge is 2.14. The van der Waals surface area contributed by atoms with Gasteiger partial charge in [-0.2, -0.15) is 5.10 Å². The van der Waals surface area contributed by atoms with Crippen molar-refractivity contribution in [3.63, 3.8) is 0 Å². The molecular weight excluding hydrogens is 308 g/mol. The van der Waals surface area contributed by atoms with Crippen LogP contribution in [0.1, 0.15) is 11.6 Å². The van der Waals surface area contributed by atoms with E-state index >= 15 is 0 Å². The fraction of sp³-hybridized carbons (Fsp3) is 0.308. The van der Waals surface area contributed by atoms with Gasteiger partial charge in [0.2, 0.25) is 0 Å². The Morgan fingerprint density at radius 3 is 2.78 bits per heavy atom. The third-order valence-electron chi connectivity index (χ3n) is 3.09. The van der Waals surface area contributed by atoms with Gasteiger partial charge in [0.05, 0.1) is 12.3 Å². The molecule has 0 aliphatic rings. The van der Waals surface area contributed by atoms with Gasteiger partial charge in [-0.3, -0.25) is 0 Å². The molecule has 1 aromatic carbocycles. The van der Waals surface area contributed by atoms with Crippen molar-refractivity contribution < 1.29 is 13.5 Å². The smallest absolute Gasteiger partial charge is 0.160 e. The lowest BCUT2D eigenvalue weighted by molar-refractivity contribution is 0.200. The van der Waals surface area contributed by atoms with E-state index in [1.807, 2.05) is 0 Å². The number of methoxy groups -OCH3 is 1. The summed E-state index contributed by atoms with van der Waals surface area (Å²) in [6.07, 6.45) is 1.93. The largest absolute Gasteiger partial charge is 0.384 e. The average Bonchev–Trinajstić information content (AvgIpc) is 3.18. The van der Waals surface area contributed by atoms with Crippen molar-refractivity contribution in [3.8, 4) is 5.69 Å². The van der Waals surface area contributed by atoms with E-state index in [4.69, 9.17) is 4.74 Å². The van der Waals surface area contributed by atoms with Gasteiger partial charge >= 0.3 is 0 Å². The van der Waals surface area contributed by atoms with Gasteiger partial charge in [0.1, 0.15) is 12.9 Å². The highest BCUT2D eigenvalue weighted by molar-refractivity contribution is 5.32. The molecule has 3 aromatic rings. The summed E-state index contributed by atoms with van der Waals surface area (Å²) in [4.78, 5) is 4.39. The van der Waals surface area contributed by atoms with Gasteiger partial charge < -0.3 is 4.74 Å². The van der Waals surface area contributed by atoms with Crippen LogP contribution in [0, 0.1) is 11.6 Å². The molecule has 0 radical (unpaired) electrons. The first kappa shape index (κ1) is 15.2. The molecule has 2 heterocycles. The molecule has 0 atom stereocenters. The lowest BCUT2D eigenvalue weighted by Crippen LogP contribution is -2.09. The van der Waals surface area contributed by atoms with Crippen LogP contribution < -0.4 is 0 Å². The third kappa shape index (κ3) is 3.37. The van der Waals surface area contributed by atoms with Crippen LogP contribution in [0.2, 0.25) is 0 Å². The highest BCUT2D eigenvalue weighted by atomic mass is 19.2. The molecule has 8 nitrogen and oxygen atoms in total. The Morgan fingerprint density at radius 2 is 2.09 bits per heavy atom. The van der Waals surface area contributed by atoms with Crippen molar-refractivity contribution in [1.29, 1.82) is 0 Å². The topological polar surface area (TPSA) is 83.5 Å². The number of aromatic nitrogens is 7. The molecule has 0 aliphatic heterocycles. The molecule has 0 N–H and O–H groups in total. The number of hydrogen-bond acceptors (Lipinski definition) is 6. The zero-order chi connectivity index (χ0) is 16.2. The molecule has 2 aromatic heterocycles. The summed E-state index contributed by atoms with van der Waals surface area (Å²) in [6.45, 7) is 0.693. The predicted molar refractivity (Wildman–Crippen MR) is 73.8 cm³/mol.